The molecule has 15 heteroatoms. The van der Waals surface area contributed by atoms with Crippen molar-refractivity contribution in [1.29, 1.82) is 0 Å². The Balaban J connectivity index is 1.41. The fourth-order valence-electron chi connectivity index (χ4n) is 5.67. The summed E-state index contributed by atoms with van der Waals surface area (Å²) in [4.78, 5) is 47.4. The van der Waals surface area contributed by atoms with Gasteiger partial charge in [0.2, 0.25) is 5.88 Å². The highest BCUT2D eigenvalue weighted by molar-refractivity contribution is 6.33. The largest absolute Gasteiger partial charge is 0.469 e. The number of piperazine rings is 1. The number of fused-ring (bicyclic) bond motifs is 2. The second-order valence-electron chi connectivity index (χ2n) is 13.6. The monoisotopic (exact) mass is 702 g/mol. The Morgan fingerprint density at radius 1 is 0.980 bits per heavy atom. The molecule has 2 aliphatic rings. The van der Waals surface area contributed by atoms with E-state index in [0.29, 0.717) is 11.1 Å². The van der Waals surface area contributed by atoms with Crippen LogP contribution in [0.3, 0.4) is 0 Å². The van der Waals surface area contributed by atoms with Crippen LogP contribution in [0.25, 0.3) is 16.8 Å². The third kappa shape index (κ3) is 7.96. The van der Waals surface area contributed by atoms with E-state index in [1.807, 2.05) is 0 Å². The summed E-state index contributed by atoms with van der Waals surface area (Å²) in [7, 11) is 1.24. The Morgan fingerprint density at radius 2 is 1.65 bits per heavy atom. The highest BCUT2D eigenvalue weighted by Gasteiger charge is 2.49. The van der Waals surface area contributed by atoms with Crippen LogP contribution in [-0.4, -0.2) is 81.6 Å². The molecule has 1 aromatic carbocycles. The number of rotatable bonds is 6. The van der Waals surface area contributed by atoms with Gasteiger partial charge in [-0.05, 0) is 77.3 Å². The molecule has 5 rings (SSSR count). The summed E-state index contributed by atoms with van der Waals surface area (Å²) >= 11 is 5.94. The number of esters is 1. The quantitative estimate of drug-likeness (QED) is 0.153. The molecule has 2 aliphatic heterocycles. The Morgan fingerprint density at radius 3 is 2.29 bits per heavy atom. The lowest BCUT2D eigenvalue weighted by molar-refractivity contribution is -0.137. The normalized spacial score (nSPS) is 17.9. The Hall–Kier alpha value is -4.72. The van der Waals surface area contributed by atoms with Crippen molar-refractivity contribution in [3.05, 3.63) is 70.1 Å². The summed E-state index contributed by atoms with van der Waals surface area (Å²) in [6, 6.07) is 5.07. The van der Waals surface area contributed by atoms with Crippen molar-refractivity contribution in [3.8, 4) is 17.1 Å². The van der Waals surface area contributed by atoms with Crippen molar-refractivity contribution in [2.75, 3.05) is 20.2 Å². The average Bonchev–Trinajstić information content (AvgIpc) is 3.48. The van der Waals surface area contributed by atoms with Gasteiger partial charge in [0, 0.05) is 31.4 Å². The minimum Gasteiger partial charge on any atom is -0.469 e. The van der Waals surface area contributed by atoms with Crippen molar-refractivity contribution in [2.45, 2.75) is 77.9 Å². The van der Waals surface area contributed by atoms with Gasteiger partial charge in [-0.3, -0.25) is 4.90 Å². The molecule has 2 aromatic heterocycles. The van der Waals surface area contributed by atoms with Gasteiger partial charge in [-0.25, -0.2) is 28.1 Å². The standard InChI is InChI=1S/C34H37ClF2N4O8/c1-33(2,3)47-31(43)40-15-19-12-21(27(30(42)45-7)25(16-40)41(19)32(44)48-34(4,5)6)18-8-11-26(38-14-18)46-17-20-13-24(39-49-20)28-22(36)9-10-23(37)29(28)35/h8-11,13-14,19,25H,12,15-17H2,1-7H3/t19-,25-/m1/s1. The zero-order valence-corrected chi connectivity index (χ0v) is 28.9. The first-order valence-corrected chi connectivity index (χ1v) is 15.8. The van der Waals surface area contributed by atoms with E-state index in [1.54, 1.807) is 53.7 Å². The zero-order chi connectivity index (χ0) is 35.8. The second-order valence-corrected chi connectivity index (χ2v) is 14.0. The summed E-state index contributed by atoms with van der Waals surface area (Å²) in [6.45, 7) is 10.5. The van der Waals surface area contributed by atoms with Crippen LogP contribution in [0.4, 0.5) is 18.4 Å². The van der Waals surface area contributed by atoms with Gasteiger partial charge in [-0.1, -0.05) is 16.8 Å². The van der Waals surface area contributed by atoms with Crippen LogP contribution in [0.15, 0.2) is 46.6 Å². The first-order valence-electron chi connectivity index (χ1n) is 15.4. The van der Waals surface area contributed by atoms with Crippen molar-refractivity contribution in [1.82, 2.24) is 19.9 Å². The Labute approximate surface area is 286 Å². The van der Waals surface area contributed by atoms with E-state index >= 15 is 0 Å². The molecule has 1 fully saturated rings. The van der Waals surface area contributed by atoms with Crippen LogP contribution in [0, 0.1) is 11.6 Å². The lowest BCUT2D eigenvalue weighted by Gasteiger charge is -2.50. The smallest absolute Gasteiger partial charge is 0.411 e. The second kappa shape index (κ2) is 13.7. The molecule has 2 bridgehead atoms. The Bertz CT molecular complexity index is 1780. The molecular weight excluding hydrogens is 666 g/mol. The van der Waals surface area contributed by atoms with Gasteiger partial charge in [0.15, 0.2) is 12.4 Å². The lowest BCUT2D eigenvalue weighted by Crippen LogP contribution is -2.65. The molecule has 2 atom stereocenters. The van der Waals surface area contributed by atoms with Gasteiger partial charge in [-0.2, -0.15) is 0 Å². The summed E-state index contributed by atoms with van der Waals surface area (Å²) in [5, 5.41) is 3.36. The SMILES string of the molecule is COC(=O)C1=C(c2ccc(OCc3cc(-c4c(F)ccc(F)c4Cl)no3)nc2)C[C@@H]2CN(C(=O)OC(C)(C)C)C[C@H]1N2C(=O)OC(C)(C)C. The molecule has 2 amide bonds. The number of hydrogen-bond acceptors (Lipinski definition) is 10. The van der Waals surface area contributed by atoms with Gasteiger partial charge in [0.05, 0.1) is 35.4 Å². The summed E-state index contributed by atoms with van der Waals surface area (Å²) in [6.07, 6.45) is 0.518. The summed E-state index contributed by atoms with van der Waals surface area (Å²) in [5.74, 6) is -1.83. The maximum absolute atomic E-state index is 14.3. The molecule has 0 saturated carbocycles. The first kappa shape index (κ1) is 35.6. The zero-order valence-electron chi connectivity index (χ0n) is 28.1. The maximum atomic E-state index is 14.3. The van der Waals surface area contributed by atoms with Gasteiger partial charge in [0.25, 0.3) is 0 Å². The average molecular weight is 703 g/mol. The number of halogens is 3. The number of nitrogens with zero attached hydrogens (tertiary/aromatic N) is 4. The first-order chi connectivity index (χ1) is 23.0. The van der Waals surface area contributed by atoms with Gasteiger partial charge < -0.3 is 28.4 Å². The van der Waals surface area contributed by atoms with Gasteiger partial charge in [-0.15, -0.1) is 0 Å². The number of ether oxygens (including phenoxy) is 4. The highest BCUT2D eigenvalue weighted by atomic mass is 35.5. The minimum absolute atomic E-state index is 0.000286. The number of hydrogen-bond donors (Lipinski definition) is 0. The molecular formula is C34H37ClF2N4O8. The molecule has 3 aromatic rings. The van der Waals surface area contributed by atoms with E-state index < -0.39 is 58.1 Å². The van der Waals surface area contributed by atoms with E-state index in [4.69, 9.17) is 35.1 Å². The third-order valence-electron chi connectivity index (χ3n) is 7.62. The molecule has 0 N–H and O–H groups in total. The van der Waals surface area contributed by atoms with Crippen molar-refractivity contribution < 1.29 is 46.6 Å². The van der Waals surface area contributed by atoms with Gasteiger partial charge in [0.1, 0.15) is 28.5 Å². The van der Waals surface area contributed by atoms with Crippen molar-refractivity contribution >= 4 is 35.3 Å². The number of carbonyl (C=O) groups excluding carboxylic acids is 3. The Kier molecular flexibility index (Phi) is 9.91. The maximum Gasteiger partial charge on any atom is 0.411 e. The predicted octanol–water partition coefficient (Wildman–Crippen LogP) is 6.80. The van der Waals surface area contributed by atoms with E-state index in [2.05, 4.69) is 10.1 Å². The molecule has 4 heterocycles. The number of pyridine rings is 1. The van der Waals surface area contributed by atoms with E-state index in [9.17, 15) is 23.2 Å². The molecule has 0 radical (unpaired) electrons. The summed E-state index contributed by atoms with van der Waals surface area (Å²) < 4.78 is 55.7. The van der Waals surface area contributed by atoms with Crippen LogP contribution < -0.4 is 4.74 Å². The van der Waals surface area contributed by atoms with Crippen LogP contribution in [0.2, 0.25) is 5.02 Å². The number of benzene rings is 1. The highest BCUT2D eigenvalue weighted by Crippen LogP contribution is 2.40. The molecule has 0 aliphatic carbocycles. The van der Waals surface area contributed by atoms with Crippen LogP contribution in [0.1, 0.15) is 59.3 Å². The van der Waals surface area contributed by atoms with Crippen LogP contribution in [0.5, 0.6) is 5.88 Å². The number of aromatic nitrogens is 2. The van der Waals surface area contributed by atoms with Crippen molar-refractivity contribution in [2.24, 2.45) is 0 Å². The number of methoxy groups -OCH3 is 1. The minimum atomic E-state index is -0.898. The number of carbonyl (C=O) groups is 3. The van der Waals surface area contributed by atoms with Crippen LogP contribution >= 0.6 is 11.6 Å². The molecule has 1 saturated heterocycles. The topological polar surface area (TPSA) is 134 Å². The van der Waals surface area contributed by atoms with Gasteiger partial charge >= 0.3 is 18.2 Å². The van der Waals surface area contributed by atoms with E-state index in [-0.39, 0.29) is 54.6 Å². The molecule has 49 heavy (non-hydrogen) atoms. The van der Waals surface area contributed by atoms with E-state index in [1.165, 1.54) is 29.2 Å². The van der Waals surface area contributed by atoms with Crippen molar-refractivity contribution in [3.63, 3.8) is 0 Å². The number of amides is 2. The van der Waals surface area contributed by atoms with E-state index in [0.717, 1.165) is 12.1 Å². The molecule has 262 valence electrons. The summed E-state index contributed by atoms with van der Waals surface area (Å²) in [5.41, 5.74) is -0.426. The fourth-order valence-corrected chi connectivity index (χ4v) is 5.92. The molecule has 0 spiro atoms. The fraction of sp³-hybridized carbons (Fsp3) is 0.441. The molecule has 0 unspecified atom stereocenters. The third-order valence-corrected chi connectivity index (χ3v) is 7.99. The molecule has 12 nitrogen and oxygen atoms in total. The predicted molar refractivity (Wildman–Crippen MR) is 172 cm³/mol. The van der Waals surface area contributed by atoms with Crippen LogP contribution in [-0.2, 0) is 25.6 Å². The lowest BCUT2D eigenvalue weighted by atomic mass is 9.82.